The Morgan fingerprint density at radius 2 is 2.16 bits per heavy atom. The lowest BCUT2D eigenvalue weighted by Gasteiger charge is -2.14. The van der Waals surface area contributed by atoms with E-state index in [1.54, 1.807) is 6.26 Å². The molecule has 4 heteroatoms. The highest BCUT2D eigenvalue weighted by atomic mass is 79.9. The van der Waals surface area contributed by atoms with Crippen molar-refractivity contribution in [2.24, 2.45) is 0 Å². The van der Waals surface area contributed by atoms with Crippen molar-refractivity contribution in [1.29, 1.82) is 0 Å². The molecule has 0 aliphatic carbocycles. The summed E-state index contributed by atoms with van der Waals surface area (Å²) in [4.78, 5) is 1.28. The Morgan fingerprint density at radius 3 is 2.84 bits per heavy atom. The third kappa shape index (κ3) is 2.48. The highest BCUT2D eigenvalue weighted by molar-refractivity contribution is 9.10. The van der Waals surface area contributed by atoms with Crippen LogP contribution >= 0.6 is 27.3 Å². The minimum Gasteiger partial charge on any atom is -0.466 e. The number of fused-ring (bicyclic) bond motifs is 1. The van der Waals surface area contributed by atoms with Gasteiger partial charge in [0, 0.05) is 9.58 Å². The van der Waals surface area contributed by atoms with Gasteiger partial charge in [0.15, 0.2) is 0 Å². The lowest BCUT2D eigenvalue weighted by molar-refractivity contribution is 0.453. The van der Waals surface area contributed by atoms with E-state index in [0.717, 1.165) is 16.8 Å². The SMILES string of the molecule is CCNC(c1cc2ccccc2s1)c1occc1Br. The maximum Gasteiger partial charge on any atom is 0.140 e. The summed E-state index contributed by atoms with van der Waals surface area (Å²) in [5.74, 6) is 0.938. The zero-order chi connectivity index (χ0) is 13.2. The summed E-state index contributed by atoms with van der Waals surface area (Å²) in [6.07, 6.45) is 1.72. The summed E-state index contributed by atoms with van der Waals surface area (Å²) in [5, 5.41) is 4.78. The lowest BCUT2D eigenvalue weighted by atomic mass is 10.1. The summed E-state index contributed by atoms with van der Waals surface area (Å²) in [6, 6.07) is 12.7. The Kier molecular flexibility index (Phi) is 3.73. The molecule has 1 unspecified atom stereocenters. The van der Waals surface area contributed by atoms with Crippen LogP contribution in [0.4, 0.5) is 0 Å². The molecular weight excluding hydrogens is 322 g/mol. The highest BCUT2D eigenvalue weighted by Crippen LogP contribution is 2.36. The first kappa shape index (κ1) is 12.9. The minimum atomic E-state index is 0.103. The fourth-order valence-corrected chi connectivity index (χ4v) is 3.75. The van der Waals surface area contributed by atoms with Crippen molar-refractivity contribution in [3.8, 4) is 0 Å². The van der Waals surface area contributed by atoms with E-state index >= 15 is 0 Å². The van der Waals surface area contributed by atoms with Crippen LogP contribution in [0.1, 0.15) is 23.6 Å². The molecule has 0 radical (unpaired) electrons. The van der Waals surface area contributed by atoms with Gasteiger partial charge in [-0.05, 0) is 46.1 Å². The van der Waals surface area contributed by atoms with Crippen molar-refractivity contribution in [3.63, 3.8) is 0 Å². The fraction of sp³-hybridized carbons (Fsp3) is 0.200. The maximum absolute atomic E-state index is 5.63. The van der Waals surface area contributed by atoms with E-state index in [-0.39, 0.29) is 6.04 Å². The molecule has 3 aromatic rings. The van der Waals surface area contributed by atoms with E-state index in [9.17, 15) is 0 Å². The Bertz CT molecular complexity index is 655. The fourth-order valence-electron chi connectivity index (χ4n) is 2.18. The van der Waals surface area contributed by atoms with E-state index < -0.39 is 0 Å². The van der Waals surface area contributed by atoms with Crippen molar-refractivity contribution in [1.82, 2.24) is 5.32 Å². The normalized spacial score (nSPS) is 12.9. The summed E-state index contributed by atoms with van der Waals surface area (Å²) >= 11 is 5.36. The Balaban J connectivity index is 2.07. The summed E-state index contributed by atoms with van der Waals surface area (Å²) in [6.45, 7) is 3.00. The third-order valence-electron chi connectivity index (χ3n) is 3.04. The number of benzene rings is 1. The second-order valence-electron chi connectivity index (χ2n) is 4.31. The number of nitrogens with one attached hydrogen (secondary N) is 1. The number of furan rings is 1. The molecule has 19 heavy (non-hydrogen) atoms. The molecule has 0 aliphatic heterocycles. The van der Waals surface area contributed by atoms with Gasteiger partial charge in [-0.2, -0.15) is 0 Å². The van der Waals surface area contributed by atoms with E-state index in [1.165, 1.54) is 15.0 Å². The molecule has 98 valence electrons. The molecule has 3 rings (SSSR count). The molecular formula is C15H14BrNOS. The second-order valence-corrected chi connectivity index (χ2v) is 6.28. The molecule has 0 amide bonds. The molecule has 2 aromatic heterocycles. The van der Waals surface area contributed by atoms with Crippen LogP contribution in [0, 0.1) is 0 Å². The summed E-state index contributed by atoms with van der Waals surface area (Å²) < 4.78 is 7.95. The molecule has 0 saturated carbocycles. The van der Waals surface area contributed by atoms with Crippen LogP contribution < -0.4 is 5.32 Å². The first-order valence-corrected chi connectivity index (χ1v) is 7.85. The summed E-state index contributed by atoms with van der Waals surface area (Å²) in [5.41, 5.74) is 0. The van der Waals surface area contributed by atoms with Gasteiger partial charge in [0.2, 0.25) is 0 Å². The molecule has 0 bridgehead atoms. The molecule has 1 aromatic carbocycles. The average molecular weight is 336 g/mol. The molecule has 0 spiro atoms. The van der Waals surface area contributed by atoms with Gasteiger partial charge in [-0.3, -0.25) is 0 Å². The van der Waals surface area contributed by atoms with E-state index in [0.29, 0.717) is 0 Å². The predicted octanol–water partition coefficient (Wildman–Crippen LogP) is 4.96. The van der Waals surface area contributed by atoms with Gasteiger partial charge < -0.3 is 9.73 Å². The van der Waals surface area contributed by atoms with Crippen molar-refractivity contribution in [3.05, 3.63) is 57.8 Å². The van der Waals surface area contributed by atoms with Gasteiger partial charge in [0.25, 0.3) is 0 Å². The van der Waals surface area contributed by atoms with Crippen molar-refractivity contribution >= 4 is 37.4 Å². The molecule has 0 fully saturated rings. The predicted molar refractivity (Wildman–Crippen MR) is 83.8 cm³/mol. The largest absolute Gasteiger partial charge is 0.466 e. The highest BCUT2D eigenvalue weighted by Gasteiger charge is 2.21. The molecule has 1 N–H and O–H groups in total. The molecule has 0 aliphatic rings. The molecule has 2 heterocycles. The third-order valence-corrected chi connectivity index (χ3v) is 4.88. The molecule has 2 nitrogen and oxygen atoms in total. The molecule has 1 atom stereocenters. The first-order valence-electron chi connectivity index (χ1n) is 6.24. The smallest absolute Gasteiger partial charge is 0.140 e. The maximum atomic E-state index is 5.63. The average Bonchev–Trinajstić information content (AvgIpc) is 3.02. The zero-order valence-electron chi connectivity index (χ0n) is 10.5. The topological polar surface area (TPSA) is 25.2 Å². The Morgan fingerprint density at radius 1 is 1.32 bits per heavy atom. The van der Waals surface area contributed by atoms with Crippen molar-refractivity contribution in [2.45, 2.75) is 13.0 Å². The van der Waals surface area contributed by atoms with Crippen LogP contribution in [0.3, 0.4) is 0 Å². The number of hydrogen-bond acceptors (Lipinski definition) is 3. The number of hydrogen-bond donors (Lipinski definition) is 1. The van der Waals surface area contributed by atoms with Crippen LogP contribution in [0.2, 0.25) is 0 Å². The number of halogens is 1. The van der Waals surface area contributed by atoms with Gasteiger partial charge in [-0.15, -0.1) is 11.3 Å². The Labute approximate surface area is 124 Å². The molecule has 0 saturated heterocycles. The van der Waals surface area contributed by atoms with Gasteiger partial charge >= 0.3 is 0 Å². The monoisotopic (exact) mass is 335 g/mol. The Hall–Kier alpha value is -1.10. The van der Waals surface area contributed by atoms with Crippen molar-refractivity contribution in [2.75, 3.05) is 6.54 Å². The van der Waals surface area contributed by atoms with Crippen LogP contribution in [0.5, 0.6) is 0 Å². The van der Waals surface area contributed by atoms with Gasteiger partial charge in [-0.25, -0.2) is 0 Å². The van der Waals surface area contributed by atoms with Crippen LogP contribution in [0.15, 0.2) is 51.6 Å². The minimum absolute atomic E-state index is 0.103. The van der Waals surface area contributed by atoms with Crippen LogP contribution in [0.25, 0.3) is 10.1 Å². The van der Waals surface area contributed by atoms with E-state index in [2.05, 4.69) is 58.5 Å². The lowest BCUT2D eigenvalue weighted by Crippen LogP contribution is -2.20. The van der Waals surface area contributed by atoms with Crippen LogP contribution in [-0.4, -0.2) is 6.54 Å². The van der Waals surface area contributed by atoms with Gasteiger partial charge in [-0.1, -0.05) is 25.1 Å². The zero-order valence-corrected chi connectivity index (χ0v) is 12.9. The number of thiophene rings is 1. The van der Waals surface area contributed by atoms with E-state index in [4.69, 9.17) is 4.42 Å². The number of rotatable bonds is 4. The summed E-state index contributed by atoms with van der Waals surface area (Å²) in [7, 11) is 0. The first-order chi connectivity index (χ1) is 9.29. The standard InChI is InChI=1S/C15H14BrNOS/c1-2-17-14(15-11(16)7-8-18-15)13-9-10-5-3-4-6-12(10)19-13/h3-9,14,17H,2H2,1H3. The van der Waals surface area contributed by atoms with Gasteiger partial charge in [0.05, 0.1) is 10.7 Å². The van der Waals surface area contributed by atoms with Crippen molar-refractivity contribution < 1.29 is 4.42 Å². The van der Waals surface area contributed by atoms with Gasteiger partial charge in [0.1, 0.15) is 11.8 Å². The second kappa shape index (κ2) is 5.49. The van der Waals surface area contributed by atoms with Crippen LogP contribution in [-0.2, 0) is 0 Å². The van der Waals surface area contributed by atoms with E-state index in [1.807, 2.05) is 17.4 Å². The quantitative estimate of drug-likeness (QED) is 0.729.